The zero-order valence-corrected chi connectivity index (χ0v) is 15.2. The maximum absolute atomic E-state index is 12.6. The number of hydrogen-bond donors (Lipinski definition) is 1. The summed E-state index contributed by atoms with van der Waals surface area (Å²) in [6, 6.07) is 10.4. The Hall–Kier alpha value is -1.43. The first-order chi connectivity index (χ1) is 12.2. The number of amides is 1. The van der Waals surface area contributed by atoms with Gasteiger partial charge >= 0.3 is 0 Å². The SMILES string of the molecule is COC(O)CN(C(=O)CCOCCc1ccccc1)C1CCCCC1. The van der Waals surface area contributed by atoms with Crippen LogP contribution in [-0.2, 0) is 20.7 Å². The Labute approximate surface area is 150 Å². The number of methoxy groups -OCH3 is 1. The summed E-state index contributed by atoms with van der Waals surface area (Å²) in [7, 11) is 1.46. The molecule has 0 bridgehead atoms. The molecule has 1 saturated carbocycles. The van der Waals surface area contributed by atoms with Gasteiger partial charge in [0.1, 0.15) is 0 Å². The number of rotatable bonds is 10. The molecule has 0 radical (unpaired) electrons. The molecule has 0 aliphatic heterocycles. The van der Waals surface area contributed by atoms with Gasteiger partial charge in [-0.05, 0) is 24.8 Å². The van der Waals surface area contributed by atoms with Crippen LogP contribution in [-0.4, -0.2) is 55.1 Å². The van der Waals surface area contributed by atoms with Crippen molar-refractivity contribution in [3.63, 3.8) is 0 Å². The fourth-order valence-corrected chi connectivity index (χ4v) is 3.33. The van der Waals surface area contributed by atoms with Crippen LogP contribution >= 0.6 is 0 Å². The highest BCUT2D eigenvalue weighted by atomic mass is 16.6. The molecule has 140 valence electrons. The molecule has 1 N–H and O–H groups in total. The molecule has 1 aliphatic rings. The van der Waals surface area contributed by atoms with Crippen molar-refractivity contribution in [1.29, 1.82) is 0 Å². The van der Waals surface area contributed by atoms with Crippen LogP contribution in [0, 0.1) is 0 Å². The van der Waals surface area contributed by atoms with Crippen LogP contribution in [0.15, 0.2) is 30.3 Å². The number of aliphatic hydroxyl groups excluding tert-OH is 1. The van der Waals surface area contributed by atoms with Crippen molar-refractivity contribution in [3.05, 3.63) is 35.9 Å². The van der Waals surface area contributed by atoms with Gasteiger partial charge in [0.05, 0.1) is 26.2 Å². The van der Waals surface area contributed by atoms with Crippen molar-refractivity contribution in [2.75, 3.05) is 26.9 Å². The maximum Gasteiger partial charge on any atom is 0.225 e. The highest BCUT2D eigenvalue weighted by molar-refractivity contribution is 5.76. The molecule has 25 heavy (non-hydrogen) atoms. The lowest BCUT2D eigenvalue weighted by Gasteiger charge is -2.35. The summed E-state index contributed by atoms with van der Waals surface area (Å²) in [6.07, 6.45) is 5.81. The minimum atomic E-state index is -0.926. The highest BCUT2D eigenvalue weighted by Gasteiger charge is 2.26. The zero-order valence-electron chi connectivity index (χ0n) is 15.2. The van der Waals surface area contributed by atoms with Crippen molar-refractivity contribution in [3.8, 4) is 0 Å². The Morgan fingerprint density at radius 2 is 1.92 bits per heavy atom. The Bertz CT molecular complexity index is 488. The van der Waals surface area contributed by atoms with Gasteiger partial charge in [0, 0.05) is 13.2 Å². The van der Waals surface area contributed by atoms with Crippen molar-refractivity contribution in [2.45, 2.75) is 57.3 Å². The summed E-state index contributed by atoms with van der Waals surface area (Å²) >= 11 is 0. The normalized spacial score (nSPS) is 16.6. The number of carbonyl (C=O) groups is 1. The first kappa shape index (κ1) is 19.9. The van der Waals surface area contributed by atoms with Crippen LogP contribution in [0.3, 0.4) is 0 Å². The molecule has 0 aromatic heterocycles. The smallest absolute Gasteiger partial charge is 0.225 e. The van der Waals surface area contributed by atoms with Gasteiger partial charge in [0.2, 0.25) is 5.91 Å². The van der Waals surface area contributed by atoms with Crippen LogP contribution in [0.25, 0.3) is 0 Å². The second-order valence-electron chi connectivity index (χ2n) is 6.63. The van der Waals surface area contributed by atoms with E-state index in [-0.39, 0.29) is 18.5 Å². The van der Waals surface area contributed by atoms with Gasteiger partial charge in [0.25, 0.3) is 0 Å². The molecule has 1 aliphatic carbocycles. The van der Waals surface area contributed by atoms with Crippen LogP contribution < -0.4 is 0 Å². The Morgan fingerprint density at radius 3 is 2.60 bits per heavy atom. The van der Waals surface area contributed by atoms with E-state index in [1.807, 2.05) is 18.2 Å². The molecule has 1 amide bonds. The van der Waals surface area contributed by atoms with Crippen LogP contribution in [0.5, 0.6) is 0 Å². The van der Waals surface area contributed by atoms with Gasteiger partial charge in [-0.3, -0.25) is 4.79 Å². The van der Waals surface area contributed by atoms with Gasteiger partial charge in [0.15, 0.2) is 6.29 Å². The van der Waals surface area contributed by atoms with E-state index in [0.29, 0.717) is 19.6 Å². The molecule has 5 nitrogen and oxygen atoms in total. The predicted octanol–water partition coefficient (Wildman–Crippen LogP) is 2.76. The van der Waals surface area contributed by atoms with Crippen molar-refractivity contribution in [1.82, 2.24) is 4.90 Å². The van der Waals surface area contributed by atoms with E-state index in [9.17, 15) is 9.90 Å². The number of nitrogens with zero attached hydrogens (tertiary/aromatic N) is 1. The van der Waals surface area contributed by atoms with E-state index in [1.54, 1.807) is 4.90 Å². The minimum Gasteiger partial charge on any atom is -0.381 e. The molecular weight excluding hydrogens is 318 g/mol. The second-order valence-corrected chi connectivity index (χ2v) is 6.63. The number of hydrogen-bond acceptors (Lipinski definition) is 4. The summed E-state index contributed by atoms with van der Waals surface area (Å²) in [6.45, 7) is 1.27. The summed E-state index contributed by atoms with van der Waals surface area (Å²) in [5.74, 6) is 0.0442. The van der Waals surface area contributed by atoms with E-state index < -0.39 is 6.29 Å². The topological polar surface area (TPSA) is 59.0 Å². The van der Waals surface area contributed by atoms with Gasteiger partial charge in [-0.25, -0.2) is 0 Å². The maximum atomic E-state index is 12.6. The monoisotopic (exact) mass is 349 g/mol. The Morgan fingerprint density at radius 1 is 1.20 bits per heavy atom. The summed E-state index contributed by atoms with van der Waals surface area (Å²) < 4.78 is 10.6. The first-order valence-electron chi connectivity index (χ1n) is 9.32. The van der Waals surface area contributed by atoms with E-state index >= 15 is 0 Å². The number of aliphatic hydroxyl groups is 1. The van der Waals surface area contributed by atoms with Crippen molar-refractivity contribution >= 4 is 5.91 Å². The average molecular weight is 349 g/mol. The lowest BCUT2D eigenvalue weighted by molar-refractivity contribution is -0.146. The van der Waals surface area contributed by atoms with Gasteiger partial charge in [-0.15, -0.1) is 0 Å². The molecular formula is C20H31NO4. The molecule has 0 heterocycles. The van der Waals surface area contributed by atoms with Crippen molar-refractivity contribution in [2.24, 2.45) is 0 Å². The lowest BCUT2D eigenvalue weighted by atomic mass is 9.94. The third kappa shape index (κ3) is 7.14. The predicted molar refractivity (Wildman–Crippen MR) is 97.2 cm³/mol. The number of benzene rings is 1. The van der Waals surface area contributed by atoms with E-state index in [2.05, 4.69) is 12.1 Å². The molecule has 1 fully saturated rings. The minimum absolute atomic E-state index is 0.0442. The lowest BCUT2D eigenvalue weighted by Crippen LogP contribution is -2.46. The van der Waals surface area contributed by atoms with Crippen LogP contribution in [0.2, 0.25) is 0 Å². The summed E-state index contributed by atoms with van der Waals surface area (Å²) in [5.41, 5.74) is 1.24. The second kappa shape index (κ2) is 11.2. The largest absolute Gasteiger partial charge is 0.381 e. The van der Waals surface area contributed by atoms with Crippen LogP contribution in [0.1, 0.15) is 44.1 Å². The molecule has 1 unspecified atom stereocenters. The molecule has 1 aromatic carbocycles. The Kier molecular flexibility index (Phi) is 8.94. The highest BCUT2D eigenvalue weighted by Crippen LogP contribution is 2.23. The summed E-state index contributed by atoms with van der Waals surface area (Å²) in [4.78, 5) is 14.4. The molecule has 2 rings (SSSR count). The number of ether oxygens (including phenoxy) is 2. The quantitative estimate of drug-likeness (QED) is 0.521. The van der Waals surface area contributed by atoms with Crippen molar-refractivity contribution < 1.29 is 19.4 Å². The van der Waals surface area contributed by atoms with E-state index in [1.165, 1.54) is 19.1 Å². The average Bonchev–Trinajstić information content (AvgIpc) is 2.67. The standard InChI is InChI=1S/C20H31NO4/c1-24-20(23)16-21(18-10-6-3-7-11-18)19(22)13-15-25-14-12-17-8-4-2-5-9-17/h2,4-5,8-9,18,20,23H,3,6-7,10-16H2,1H3. The Balaban J connectivity index is 1.74. The fraction of sp³-hybridized carbons (Fsp3) is 0.650. The first-order valence-corrected chi connectivity index (χ1v) is 9.32. The molecule has 5 heteroatoms. The van der Waals surface area contributed by atoms with Gasteiger partial charge in [-0.2, -0.15) is 0 Å². The van der Waals surface area contributed by atoms with Crippen LogP contribution in [0.4, 0.5) is 0 Å². The molecule has 0 saturated heterocycles. The molecule has 0 spiro atoms. The third-order valence-electron chi connectivity index (χ3n) is 4.80. The fourth-order valence-electron chi connectivity index (χ4n) is 3.33. The number of carbonyl (C=O) groups excluding carboxylic acids is 1. The third-order valence-corrected chi connectivity index (χ3v) is 4.80. The van der Waals surface area contributed by atoms with E-state index in [0.717, 1.165) is 32.1 Å². The molecule has 1 atom stereocenters. The summed E-state index contributed by atoms with van der Waals surface area (Å²) in [5, 5.41) is 9.80. The molecule has 1 aromatic rings. The van der Waals surface area contributed by atoms with Gasteiger partial charge in [-0.1, -0.05) is 49.6 Å². The van der Waals surface area contributed by atoms with E-state index in [4.69, 9.17) is 9.47 Å². The zero-order chi connectivity index (χ0) is 17.9. The van der Waals surface area contributed by atoms with Gasteiger partial charge < -0.3 is 19.5 Å².